The van der Waals surface area contributed by atoms with Gasteiger partial charge in [0.05, 0.1) is 12.7 Å². The predicted molar refractivity (Wildman–Crippen MR) is 33.0 cm³/mol. The number of carbonyl (C=O) groups is 1. The summed E-state index contributed by atoms with van der Waals surface area (Å²) in [6.45, 7) is 4.97. The van der Waals surface area contributed by atoms with E-state index in [1.807, 2.05) is 0 Å². The van der Waals surface area contributed by atoms with Crippen molar-refractivity contribution < 1.29 is 14.6 Å². The van der Waals surface area contributed by atoms with E-state index in [0.717, 1.165) is 0 Å². The van der Waals surface area contributed by atoms with Gasteiger partial charge < -0.3 is 9.84 Å². The van der Waals surface area contributed by atoms with E-state index in [9.17, 15) is 4.79 Å². The summed E-state index contributed by atoms with van der Waals surface area (Å²) in [6, 6.07) is 0. The average molecular weight is 130 g/mol. The number of rotatable bonds is 4. The SMILES string of the molecule is C=COC(C)CC(=O)O. The molecule has 0 aliphatic heterocycles. The van der Waals surface area contributed by atoms with Crippen LogP contribution >= 0.6 is 0 Å². The van der Waals surface area contributed by atoms with Crippen LogP contribution < -0.4 is 0 Å². The monoisotopic (exact) mass is 130 g/mol. The molecule has 0 spiro atoms. The third kappa shape index (κ3) is 4.87. The molecule has 0 aromatic carbocycles. The maximum absolute atomic E-state index is 9.97. The maximum atomic E-state index is 9.97. The van der Waals surface area contributed by atoms with Crippen LogP contribution in [0.15, 0.2) is 12.8 Å². The molecule has 0 saturated heterocycles. The molecule has 0 saturated carbocycles. The van der Waals surface area contributed by atoms with Crippen LogP contribution in [0.5, 0.6) is 0 Å². The molecule has 0 heterocycles. The minimum atomic E-state index is -0.857. The third-order valence-electron chi connectivity index (χ3n) is 0.791. The second-order valence-corrected chi connectivity index (χ2v) is 1.71. The number of aliphatic carboxylic acids is 1. The molecule has 0 rings (SSSR count). The Labute approximate surface area is 53.9 Å². The Balaban J connectivity index is 3.37. The first-order valence-corrected chi connectivity index (χ1v) is 2.65. The van der Waals surface area contributed by atoms with Gasteiger partial charge in [0.2, 0.25) is 0 Å². The lowest BCUT2D eigenvalue weighted by Crippen LogP contribution is -2.10. The standard InChI is InChI=1S/C6H10O3/c1-3-9-5(2)4-6(7)8/h3,5H,1,4H2,2H3,(H,7,8). The Morgan fingerprint density at radius 3 is 2.89 bits per heavy atom. The highest BCUT2D eigenvalue weighted by atomic mass is 16.5. The van der Waals surface area contributed by atoms with Gasteiger partial charge in [-0.15, -0.1) is 0 Å². The normalized spacial score (nSPS) is 12.1. The Morgan fingerprint density at radius 1 is 2.00 bits per heavy atom. The van der Waals surface area contributed by atoms with E-state index in [-0.39, 0.29) is 12.5 Å². The predicted octanol–water partition coefficient (Wildman–Crippen LogP) is 1.01. The van der Waals surface area contributed by atoms with E-state index in [0.29, 0.717) is 0 Å². The second-order valence-electron chi connectivity index (χ2n) is 1.71. The van der Waals surface area contributed by atoms with E-state index in [2.05, 4.69) is 6.58 Å². The van der Waals surface area contributed by atoms with Gasteiger partial charge in [-0.25, -0.2) is 0 Å². The summed E-state index contributed by atoms with van der Waals surface area (Å²) in [5.74, 6) is -0.857. The van der Waals surface area contributed by atoms with Crippen molar-refractivity contribution >= 4 is 5.97 Å². The summed E-state index contributed by atoms with van der Waals surface area (Å²) in [4.78, 5) is 9.97. The zero-order chi connectivity index (χ0) is 7.28. The number of carboxylic acids is 1. The topological polar surface area (TPSA) is 46.5 Å². The number of carboxylic acid groups (broad SMARTS) is 1. The van der Waals surface area contributed by atoms with E-state index in [1.54, 1.807) is 6.92 Å². The number of hydrogen-bond donors (Lipinski definition) is 1. The van der Waals surface area contributed by atoms with Crippen LogP contribution in [0.1, 0.15) is 13.3 Å². The fourth-order valence-electron chi connectivity index (χ4n) is 0.458. The van der Waals surface area contributed by atoms with Crippen molar-refractivity contribution in [2.45, 2.75) is 19.4 Å². The van der Waals surface area contributed by atoms with Gasteiger partial charge in [0.1, 0.15) is 6.10 Å². The Hall–Kier alpha value is -0.990. The van der Waals surface area contributed by atoms with E-state index < -0.39 is 5.97 Å². The van der Waals surface area contributed by atoms with Crippen LogP contribution in [0.3, 0.4) is 0 Å². The summed E-state index contributed by atoms with van der Waals surface area (Å²) in [5, 5.41) is 8.20. The van der Waals surface area contributed by atoms with Gasteiger partial charge in [0, 0.05) is 0 Å². The molecule has 3 nitrogen and oxygen atoms in total. The number of ether oxygens (including phenoxy) is 1. The van der Waals surface area contributed by atoms with Crippen molar-refractivity contribution in [1.82, 2.24) is 0 Å². The summed E-state index contributed by atoms with van der Waals surface area (Å²) < 4.78 is 4.74. The lowest BCUT2D eigenvalue weighted by molar-refractivity contribution is -0.139. The van der Waals surface area contributed by atoms with Gasteiger partial charge in [-0.3, -0.25) is 4.79 Å². The third-order valence-corrected chi connectivity index (χ3v) is 0.791. The molecule has 1 N–H and O–H groups in total. The van der Waals surface area contributed by atoms with Gasteiger partial charge in [-0.1, -0.05) is 6.58 Å². The van der Waals surface area contributed by atoms with Crippen molar-refractivity contribution in [1.29, 1.82) is 0 Å². The quantitative estimate of drug-likeness (QED) is 0.577. The van der Waals surface area contributed by atoms with Crippen molar-refractivity contribution in [3.05, 3.63) is 12.8 Å². The molecule has 1 atom stereocenters. The van der Waals surface area contributed by atoms with Gasteiger partial charge in [0.25, 0.3) is 0 Å². The Kier molecular flexibility index (Phi) is 3.51. The molecular weight excluding hydrogens is 120 g/mol. The highest BCUT2D eigenvalue weighted by Gasteiger charge is 2.04. The van der Waals surface area contributed by atoms with Crippen molar-refractivity contribution in [3.8, 4) is 0 Å². The molecule has 0 amide bonds. The fourth-order valence-corrected chi connectivity index (χ4v) is 0.458. The van der Waals surface area contributed by atoms with Crippen LogP contribution in [0.2, 0.25) is 0 Å². The molecule has 0 aliphatic carbocycles. The summed E-state index contributed by atoms with van der Waals surface area (Å²) >= 11 is 0. The molecule has 1 unspecified atom stereocenters. The first-order chi connectivity index (χ1) is 4.16. The van der Waals surface area contributed by atoms with Crippen molar-refractivity contribution in [2.75, 3.05) is 0 Å². The first kappa shape index (κ1) is 8.01. The van der Waals surface area contributed by atoms with Gasteiger partial charge >= 0.3 is 5.97 Å². The van der Waals surface area contributed by atoms with E-state index in [1.165, 1.54) is 6.26 Å². The summed E-state index contributed by atoms with van der Waals surface area (Å²) in [7, 11) is 0. The minimum absolute atomic E-state index is 0.0199. The van der Waals surface area contributed by atoms with Crippen LogP contribution in [0, 0.1) is 0 Å². The average Bonchev–Trinajstić information content (AvgIpc) is 1.63. The molecule has 9 heavy (non-hydrogen) atoms. The fraction of sp³-hybridized carbons (Fsp3) is 0.500. The summed E-state index contributed by atoms with van der Waals surface area (Å²) in [5.41, 5.74) is 0. The smallest absolute Gasteiger partial charge is 0.307 e. The van der Waals surface area contributed by atoms with E-state index in [4.69, 9.17) is 9.84 Å². The van der Waals surface area contributed by atoms with Gasteiger partial charge in [-0.2, -0.15) is 0 Å². The lowest BCUT2D eigenvalue weighted by atomic mass is 10.3. The highest BCUT2D eigenvalue weighted by Crippen LogP contribution is 1.95. The minimum Gasteiger partial charge on any atom is -0.498 e. The van der Waals surface area contributed by atoms with Crippen LogP contribution in [-0.2, 0) is 9.53 Å². The maximum Gasteiger partial charge on any atom is 0.307 e. The zero-order valence-electron chi connectivity index (χ0n) is 5.33. The van der Waals surface area contributed by atoms with Crippen LogP contribution in [0.4, 0.5) is 0 Å². The largest absolute Gasteiger partial charge is 0.498 e. The molecular formula is C6H10O3. The van der Waals surface area contributed by atoms with Crippen molar-refractivity contribution in [3.63, 3.8) is 0 Å². The molecule has 3 heteroatoms. The molecule has 0 radical (unpaired) electrons. The molecule has 0 aliphatic rings. The molecule has 0 aromatic rings. The zero-order valence-corrected chi connectivity index (χ0v) is 5.33. The summed E-state index contributed by atoms with van der Waals surface area (Å²) in [6.07, 6.45) is 0.986. The van der Waals surface area contributed by atoms with Gasteiger partial charge in [0.15, 0.2) is 0 Å². The van der Waals surface area contributed by atoms with Crippen LogP contribution in [-0.4, -0.2) is 17.2 Å². The van der Waals surface area contributed by atoms with Crippen LogP contribution in [0.25, 0.3) is 0 Å². The molecule has 0 bridgehead atoms. The Morgan fingerprint density at radius 2 is 2.56 bits per heavy atom. The first-order valence-electron chi connectivity index (χ1n) is 2.65. The van der Waals surface area contributed by atoms with Crippen molar-refractivity contribution in [2.24, 2.45) is 0 Å². The second kappa shape index (κ2) is 3.95. The van der Waals surface area contributed by atoms with E-state index >= 15 is 0 Å². The molecule has 0 fully saturated rings. The molecule has 52 valence electrons. The number of hydrogen-bond acceptors (Lipinski definition) is 2. The Bertz CT molecular complexity index is 109. The van der Waals surface area contributed by atoms with Gasteiger partial charge in [-0.05, 0) is 6.92 Å². The highest BCUT2D eigenvalue weighted by molar-refractivity contribution is 5.67. The molecule has 0 aromatic heterocycles. The lowest BCUT2D eigenvalue weighted by Gasteiger charge is -2.05.